The third-order valence-electron chi connectivity index (χ3n) is 2.08. The maximum absolute atomic E-state index is 11.3. The van der Waals surface area contributed by atoms with E-state index in [9.17, 15) is 14.9 Å². The van der Waals surface area contributed by atoms with E-state index >= 15 is 0 Å². The number of nitro groups is 1. The number of benzene rings is 1. The Kier molecular flexibility index (Phi) is 4.45. The molecule has 0 aromatic heterocycles. The molecule has 1 rings (SSSR count). The van der Waals surface area contributed by atoms with Crippen molar-refractivity contribution in [1.29, 1.82) is 0 Å². The van der Waals surface area contributed by atoms with Gasteiger partial charge >= 0.3 is 5.97 Å². The fourth-order valence-corrected chi connectivity index (χ4v) is 1.95. The van der Waals surface area contributed by atoms with E-state index in [-0.39, 0.29) is 23.2 Å². The van der Waals surface area contributed by atoms with E-state index in [1.165, 1.54) is 12.1 Å². The molecule has 92 valence electrons. The summed E-state index contributed by atoms with van der Waals surface area (Å²) in [6, 6.07) is 2.69. The number of hydrogen-bond donors (Lipinski definition) is 1. The summed E-state index contributed by atoms with van der Waals surface area (Å²) in [7, 11) is 0. The molecule has 0 aliphatic carbocycles. The molecule has 7 heteroatoms. The van der Waals surface area contributed by atoms with E-state index in [2.05, 4.69) is 15.9 Å². The Hall–Kier alpha value is -1.63. The number of nitrogens with zero attached hydrogens (tertiary/aromatic N) is 1. The highest BCUT2D eigenvalue weighted by Gasteiger charge is 2.19. The molecule has 2 N–H and O–H groups in total. The lowest BCUT2D eigenvalue weighted by atomic mass is 10.1. The van der Waals surface area contributed by atoms with Crippen molar-refractivity contribution >= 4 is 33.3 Å². The van der Waals surface area contributed by atoms with Crippen LogP contribution in [0.2, 0.25) is 0 Å². The average molecular weight is 303 g/mol. The molecule has 0 radical (unpaired) electrons. The maximum Gasteiger partial charge on any atom is 0.310 e. The number of esters is 1. The number of carbonyl (C=O) groups is 1. The summed E-state index contributed by atoms with van der Waals surface area (Å²) < 4.78 is 4.99. The second kappa shape index (κ2) is 5.62. The molecular formula is C10H11BrN2O4. The number of rotatable bonds is 4. The van der Waals surface area contributed by atoms with Crippen molar-refractivity contribution in [2.45, 2.75) is 13.3 Å². The average Bonchev–Trinajstić information content (AvgIpc) is 2.24. The highest BCUT2D eigenvalue weighted by molar-refractivity contribution is 9.10. The normalized spacial score (nSPS) is 10.0. The van der Waals surface area contributed by atoms with E-state index in [0.29, 0.717) is 11.3 Å². The van der Waals surface area contributed by atoms with Gasteiger partial charge in [-0.1, -0.05) is 0 Å². The largest absolute Gasteiger partial charge is 0.466 e. The van der Waals surface area contributed by atoms with Crippen molar-refractivity contribution in [2.24, 2.45) is 0 Å². The number of carbonyl (C=O) groups excluding carboxylic acids is 1. The quantitative estimate of drug-likeness (QED) is 0.397. The van der Waals surface area contributed by atoms with Crippen LogP contribution in [0, 0.1) is 10.1 Å². The lowest BCUT2D eigenvalue weighted by Gasteiger charge is -2.08. The molecular weight excluding hydrogens is 292 g/mol. The molecule has 0 spiro atoms. The summed E-state index contributed by atoms with van der Waals surface area (Å²) in [5.41, 5.74) is 6.24. The molecule has 0 fully saturated rings. The molecule has 0 unspecified atom stereocenters. The van der Waals surface area contributed by atoms with Gasteiger partial charge in [-0.2, -0.15) is 0 Å². The molecule has 0 atom stereocenters. The number of nitrogen functional groups attached to an aromatic ring is 1. The first-order chi connectivity index (χ1) is 7.97. The second-order valence-corrected chi connectivity index (χ2v) is 4.00. The van der Waals surface area contributed by atoms with Gasteiger partial charge in [-0.15, -0.1) is 0 Å². The summed E-state index contributed by atoms with van der Waals surface area (Å²) in [6.45, 7) is 1.94. The molecule has 0 saturated heterocycles. The van der Waals surface area contributed by atoms with Gasteiger partial charge in [-0.25, -0.2) is 0 Å². The number of ether oxygens (including phenoxy) is 1. The predicted molar refractivity (Wildman–Crippen MR) is 65.5 cm³/mol. The van der Waals surface area contributed by atoms with E-state index < -0.39 is 10.9 Å². The first kappa shape index (κ1) is 13.4. The van der Waals surface area contributed by atoms with Crippen LogP contribution in [0.1, 0.15) is 12.5 Å². The van der Waals surface area contributed by atoms with Gasteiger partial charge < -0.3 is 10.5 Å². The standard InChI is InChI=1S/C10H11BrN2O4/c1-2-17-9(14)5-6-7(12)3-4-8(10(6)11)13(15)16/h3-4H,2,5,12H2,1H3. The van der Waals surface area contributed by atoms with E-state index in [1.54, 1.807) is 6.92 Å². The van der Waals surface area contributed by atoms with Crippen LogP contribution in [0.4, 0.5) is 11.4 Å². The summed E-state index contributed by atoms with van der Waals surface area (Å²) >= 11 is 3.08. The van der Waals surface area contributed by atoms with Crippen molar-refractivity contribution in [1.82, 2.24) is 0 Å². The zero-order valence-electron chi connectivity index (χ0n) is 9.10. The molecule has 0 aliphatic heterocycles. The highest BCUT2D eigenvalue weighted by atomic mass is 79.9. The van der Waals surface area contributed by atoms with Crippen molar-refractivity contribution in [3.8, 4) is 0 Å². The van der Waals surface area contributed by atoms with Crippen LogP contribution in [0.15, 0.2) is 16.6 Å². The number of nitro benzene ring substituents is 1. The van der Waals surface area contributed by atoms with Gasteiger partial charge in [0.15, 0.2) is 0 Å². The van der Waals surface area contributed by atoms with Crippen LogP contribution >= 0.6 is 15.9 Å². The minimum absolute atomic E-state index is 0.0953. The van der Waals surface area contributed by atoms with Crippen LogP contribution < -0.4 is 5.73 Å². The molecule has 1 aromatic carbocycles. The van der Waals surface area contributed by atoms with Crippen molar-refractivity contribution < 1.29 is 14.5 Å². The highest BCUT2D eigenvalue weighted by Crippen LogP contribution is 2.32. The van der Waals surface area contributed by atoms with Gasteiger partial charge in [0.25, 0.3) is 5.69 Å². The molecule has 6 nitrogen and oxygen atoms in total. The first-order valence-electron chi connectivity index (χ1n) is 4.84. The zero-order valence-corrected chi connectivity index (χ0v) is 10.7. The van der Waals surface area contributed by atoms with Crippen LogP contribution in [0.25, 0.3) is 0 Å². The molecule has 0 heterocycles. The first-order valence-corrected chi connectivity index (χ1v) is 5.63. The van der Waals surface area contributed by atoms with Crippen LogP contribution in [0.5, 0.6) is 0 Å². The Morgan fingerprint density at radius 1 is 1.59 bits per heavy atom. The molecule has 0 aliphatic rings. The fourth-order valence-electron chi connectivity index (χ4n) is 1.30. The van der Waals surface area contributed by atoms with E-state index in [1.807, 2.05) is 0 Å². The number of anilines is 1. The van der Waals surface area contributed by atoms with Crippen LogP contribution in [0.3, 0.4) is 0 Å². The third kappa shape index (κ3) is 3.16. The molecule has 0 bridgehead atoms. The number of nitrogens with two attached hydrogens (primary N) is 1. The van der Waals surface area contributed by atoms with Crippen molar-refractivity contribution in [3.63, 3.8) is 0 Å². The minimum Gasteiger partial charge on any atom is -0.466 e. The summed E-state index contributed by atoms with van der Waals surface area (Å²) in [5.74, 6) is -0.472. The Labute approximate surface area is 106 Å². The van der Waals surface area contributed by atoms with Crippen molar-refractivity contribution in [2.75, 3.05) is 12.3 Å². The van der Waals surface area contributed by atoms with Gasteiger partial charge in [0, 0.05) is 17.3 Å². The topological polar surface area (TPSA) is 95.5 Å². The van der Waals surface area contributed by atoms with Gasteiger partial charge in [0.05, 0.1) is 18.0 Å². The monoisotopic (exact) mass is 302 g/mol. The predicted octanol–water partition coefficient (Wildman–Crippen LogP) is 2.05. The minimum atomic E-state index is -0.543. The Bertz CT molecular complexity index is 462. The Morgan fingerprint density at radius 3 is 2.76 bits per heavy atom. The van der Waals surface area contributed by atoms with Crippen LogP contribution in [-0.4, -0.2) is 17.5 Å². The lowest BCUT2D eigenvalue weighted by Crippen LogP contribution is -2.10. The van der Waals surface area contributed by atoms with Gasteiger partial charge in [-0.3, -0.25) is 14.9 Å². The molecule has 1 aromatic rings. The second-order valence-electron chi connectivity index (χ2n) is 3.21. The van der Waals surface area contributed by atoms with Crippen molar-refractivity contribution in [3.05, 3.63) is 32.3 Å². The van der Waals surface area contributed by atoms with E-state index in [4.69, 9.17) is 10.5 Å². The van der Waals surface area contributed by atoms with Gasteiger partial charge in [-0.05, 0) is 28.9 Å². The smallest absolute Gasteiger partial charge is 0.310 e. The van der Waals surface area contributed by atoms with Gasteiger partial charge in [0.1, 0.15) is 4.47 Å². The molecule has 0 amide bonds. The molecule has 17 heavy (non-hydrogen) atoms. The number of hydrogen-bond acceptors (Lipinski definition) is 5. The fraction of sp³-hybridized carbons (Fsp3) is 0.300. The Balaban J connectivity index is 3.09. The number of halogens is 1. The zero-order chi connectivity index (χ0) is 13.0. The summed E-state index contributed by atoms with van der Waals surface area (Å²) in [6.07, 6.45) is -0.0953. The summed E-state index contributed by atoms with van der Waals surface area (Å²) in [4.78, 5) is 21.5. The lowest BCUT2D eigenvalue weighted by molar-refractivity contribution is -0.385. The molecule has 0 saturated carbocycles. The SMILES string of the molecule is CCOC(=O)Cc1c(N)ccc([N+](=O)[O-])c1Br. The van der Waals surface area contributed by atoms with Gasteiger partial charge in [0.2, 0.25) is 0 Å². The van der Waals surface area contributed by atoms with E-state index in [0.717, 1.165) is 0 Å². The third-order valence-corrected chi connectivity index (χ3v) is 2.97. The maximum atomic E-state index is 11.3. The summed E-state index contributed by atoms with van der Waals surface area (Å²) in [5, 5.41) is 10.7. The Morgan fingerprint density at radius 2 is 2.24 bits per heavy atom. The van der Waals surface area contributed by atoms with Crippen LogP contribution in [-0.2, 0) is 16.0 Å².